The summed E-state index contributed by atoms with van der Waals surface area (Å²) in [6, 6.07) is 11.5. The molecule has 0 bridgehead atoms. The SMILES string of the molecule is CC1(C)C(=O)Nc2ccccc2N1C(=O)CN1CCNCC1c1cccnc1. The van der Waals surface area contributed by atoms with Crippen molar-refractivity contribution in [1.29, 1.82) is 0 Å². The predicted molar refractivity (Wildman–Crippen MR) is 108 cm³/mol. The van der Waals surface area contributed by atoms with Crippen LogP contribution in [-0.4, -0.2) is 53.4 Å². The number of para-hydroxylation sites is 2. The number of hydrogen-bond donors (Lipinski definition) is 2. The Morgan fingerprint density at radius 1 is 1.25 bits per heavy atom. The van der Waals surface area contributed by atoms with Crippen molar-refractivity contribution < 1.29 is 9.59 Å². The van der Waals surface area contributed by atoms with Gasteiger partial charge in [-0.25, -0.2) is 0 Å². The lowest BCUT2D eigenvalue weighted by Gasteiger charge is -2.44. The summed E-state index contributed by atoms with van der Waals surface area (Å²) in [6.07, 6.45) is 3.60. The Hall–Kier alpha value is -2.77. The van der Waals surface area contributed by atoms with Crippen molar-refractivity contribution in [2.75, 3.05) is 36.4 Å². The molecule has 2 amide bonds. The van der Waals surface area contributed by atoms with E-state index in [4.69, 9.17) is 0 Å². The molecule has 3 heterocycles. The zero-order valence-corrected chi connectivity index (χ0v) is 16.2. The number of carbonyl (C=O) groups is 2. The first-order valence-corrected chi connectivity index (χ1v) is 9.57. The largest absolute Gasteiger partial charge is 0.322 e. The van der Waals surface area contributed by atoms with Crippen molar-refractivity contribution in [3.05, 3.63) is 54.4 Å². The molecular weight excluding hydrogens is 354 g/mol. The van der Waals surface area contributed by atoms with E-state index in [0.717, 1.165) is 30.9 Å². The molecule has 1 fully saturated rings. The first-order valence-electron chi connectivity index (χ1n) is 9.57. The van der Waals surface area contributed by atoms with E-state index in [2.05, 4.69) is 20.5 Å². The van der Waals surface area contributed by atoms with E-state index in [9.17, 15) is 9.59 Å². The average molecular weight is 379 g/mol. The number of nitrogens with one attached hydrogen (secondary N) is 2. The number of aromatic nitrogens is 1. The summed E-state index contributed by atoms with van der Waals surface area (Å²) in [5, 5.41) is 6.31. The highest BCUT2D eigenvalue weighted by molar-refractivity contribution is 6.14. The highest BCUT2D eigenvalue weighted by Crippen LogP contribution is 2.37. The number of anilines is 2. The van der Waals surface area contributed by atoms with Crippen molar-refractivity contribution in [2.24, 2.45) is 0 Å². The molecule has 2 aliphatic rings. The molecule has 2 aromatic rings. The van der Waals surface area contributed by atoms with Crippen LogP contribution < -0.4 is 15.5 Å². The molecule has 0 saturated carbocycles. The number of benzene rings is 1. The van der Waals surface area contributed by atoms with Crippen LogP contribution in [-0.2, 0) is 9.59 Å². The zero-order chi connectivity index (χ0) is 19.7. The Morgan fingerprint density at radius 3 is 2.86 bits per heavy atom. The third-order valence-electron chi connectivity index (χ3n) is 5.52. The fourth-order valence-corrected chi connectivity index (χ4v) is 3.98. The van der Waals surface area contributed by atoms with E-state index in [-0.39, 0.29) is 24.4 Å². The van der Waals surface area contributed by atoms with Crippen LogP contribution >= 0.6 is 0 Å². The van der Waals surface area contributed by atoms with Gasteiger partial charge in [-0.2, -0.15) is 0 Å². The highest BCUT2D eigenvalue weighted by atomic mass is 16.2. The van der Waals surface area contributed by atoms with Crippen molar-refractivity contribution in [3.8, 4) is 0 Å². The summed E-state index contributed by atoms with van der Waals surface area (Å²) < 4.78 is 0. The maximum absolute atomic E-state index is 13.4. The Kier molecular flexibility index (Phi) is 4.87. The van der Waals surface area contributed by atoms with Crippen LogP contribution in [0, 0.1) is 0 Å². The first kappa shape index (κ1) is 18.6. The quantitative estimate of drug-likeness (QED) is 0.850. The summed E-state index contributed by atoms with van der Waals surface area (Å²) in [5.74, 6) is -0.258. The maximum atomic E-state index is 13.4. The molecule has 146 valence electrons. The average Bonchev–Trinajstić information content (AvgIpc) is 2.69. The van der Waals surface area contributed by atoms with E-state index >= 15 is 0 Å². The Labute approximate surface area is 164 Å². The van der Waals surface area contributed by atoms with Crippen molar-refractivity contribution in [1.82, 2.24) is 15.2 Å². The first-order chi connectivity index (χ1) is 13.5. The molecule has 1 unspecified atom stereocenters. The van der Waals surface area contributed by atoms with Gasteiger partial charge in [-0.05, 0) is 37.6 Å². The lowest BCUT2D eigenvalue weighted by atomic mass is 9.96. The standard InChI is InChI=1S/C21H25N5O2/c1-21(2)20(28)24-16-7-3-4-8-17(16)26(21)19(27)14-25-11-10-23-13-18(25)15-6-5-9-22-12-15/h3-9,12,18,23H,10-11,13-14H2,1-2H3,(H,24,28). The summed E-state index contributed by atoms with van der Waals surface area (Å²) >= 11 is 0. The number of carbonyl (C=O) groups excluding carboxylic acids is 2. The molecule has 4 rings (SSSR count). The molecule has 0 aliphatic carbocycles. The minimum atomic E-state index is -0.955. The second-order valence-corrected chi connectivity index (χ2v) is 7.74. The lowest BCUT2D eigenvalue weighted by molar-refractivity contribution is -0.127. The van der Waals surface area contributed by atoms with Gasteiger partial charge in [0.1, 0.15) is 5.54 Å². The second-order valence-electron chi connectivity index (χ2n) is 7.74. The van der Waals surface area contributed by atoms with Gasteiger partial charge in [-0.1, -0.05) is 18.2 Å². The van der Waals surface area contributed by atoms with Gasteiger partial charge in [-0.15, -0.1) is 0 Å². The number of piperazine rings is 1. The van der Waals surface area contributed by atoms with Crippen LogP contribution in [0.1, 0.15) is 25.5 Å². The topological polar surface area (TPSA) is 77.6 Å². The van der Waals surface area contributed by atoms with Crippen molar-refractivity contribution in [3.63, 3.8) is 0 Å². The molecule has 2 aliphatic heterocycles. The van der Waals surface area contributed by atoms with Gasteiger partial charge in [-0.3, -0.25) is 24.4 Å². The van der Waals surface area contributed by atoms with Crippen LogP contribution in [0.15, 0.2) is 48.8 Å². The number of amides is 2. The highest BCUT2D eigenvalue weighted by Gasteiger charge is 2.44. The van der Waals surface area contributed by atoms with Gasteiger partial charge in [0.15, 0.2) is 0 Å². The molecule has 28 heavy (non-hydrogen) atoms. The van der Waals surface area contributed by atoms with Gasteiger partial charge < -0.3 is 10.6 Å². The number of rotatable bonds is 3. The van der Waals surface area contributed by atoms with Gasteiger partial charge in [0.05, 0.1) is 17.9 Å². The van der Waals surface area contributed by atoms with Crippen LogP contribution in [0.5, 0.6) is 0 Å². The van der Waals surface area contributed by atoms with E-state index in [1.807, 2.05) is 42.6 Å². The molecule has 1 saturated heterocycles. The van der Waals surface area contributed by atoms with Crippen LogP contribution in [0.4, 0.5) is 11.4 Å². The number of fused-ring (bicyclic) bond motifs is 1. The molecule has 7 heteroatoms. The fraction of sp³-hybridized carbons (Fsp3) is 0.381. The summed E-state index contributed by atoms with van der Waals surface area (Å²) in [7, 11) is 0. The van der Waals surface area contributed by atoms with Crippen LogP contribution in [0.25, 0.3) is 0 Å². The summed E-state index contributed by atoms with van der Waals surface area (Å²) in [5.41, 5.74) is 1.54. The minimum Gasteiger partial charge on any atom is -0.322 e. The van der Waals surface area contributed by atoms with Gasteiger partial charge in [0.2, 0.25) is 11.8 Å². The molecule has 1 aromatic carbocycles. The maximum Gasteiger partial charge on any atom is 0.250 e. The zero-order valence-electron chi connectivity index (χ0n) is 16.2. The molecule has 1 aromatic heterocycles. The van der Waals surface area contributed by atoms with Crippen molar-refractivity contribution in [2.45, 2.75) is 25.4 Å². The normalized spacial score (nSPS) is 21.7. The van der Waals surface area contributed by atoms with Gasteiger partial charge >= 0.3 is 0 Å². The van der Waals surface area contributed by atoms with Gasteiger partial charge in [0.25, 0.3) is 0 Å². The Morgan fingerprint density at radius 2 is 2.07 bits per heavy atom. The molecular formula is C21H25N5O2. The number of hydrogen-bond acceptors (Lipinski definition) is 5. The Bertz CT molecular complexity index is 883. The molecule has 0 radical (unpaired) electrons. The summed E-state index contributed by atoms with van der Waals surface area (Å²) in [6.45, 7) is 6.16. The second kappa shape index (κ2) is 7.33. The monoisotopic (exact) mass is 379 g/mol. The summed E-state index contributed by atoms with van der Waals surface area (Å²) in [4.78, 5) is 34.1. The predicted octanol–water partition coefficient (Wildman–Crippen LogP) is 1.79. The van der Waals surface area contributed by atoms with E-state index in [1.54, 1.807) is 24.9 Å². The van der Waals surface area contributed by atoms with Crippen LogP contribution in [0.2, 0.25) is 0 Å². The smallest absolute Gasteiger partial charge is 0.250 e. The van der Waals surface area contributed by atoms with E-state index in [1.165, 1.54) is 0 Å². The molecule has 0 spiro atoms. The molecule has 1 atom stereocenters. The van der Waals surface area contributed by atoms with E-state index in [0.29, 0.717) is 5.69 Å². The van der Waals surface area contributed by atoms with Crippen molar-refractivity contribution >= 4 is 23.2 Å². The molecule has 2 N–H and O–H groups in total. The molecule has 7 nitrogen and oxygen atoms in total. The Balaban J connectivity index is 1.62. The van der Waals surface area contributed by atoms with E-state index < -0.39 is 5.54 Å². The number of nitrogens with zero attached hydrogens (tertiary/aromatic N) is 3. The van der Waals surface area contributed by atoms with Gasteiger partial charge in [0, 0.05) is 38.1 Å². The van der Waals surface area contributed by atoms with Crippen LogP contribution in [0.3, 0.4) is 0 Å². The minimum absolute atomic E-state index is 0.0726. The fourth-order valence-electron chi connectivity index (χ4n) is 3.98. The lowest BCUT2D eigenvalue weighted by Crippen LogP contribution is -2.61. The third kappa shape index (κ3) is 3.27. The third-order valence-corrected chi connectivity index (χ3v) is 5.52. The number of pyridine rings is 1.